The Morgan fingerprint density at radius 3 is 1.96 bits per heavy atom. The third kappa shape index (κ3) is 8.36. The van der Waals surface area contributed by atoms with Crippen LogP contribution in [0.2, 0.25) is 0 Å². The smallest absolute Gasteiger partial charge is 0.326 e. The van der Waals surface area contributed by atoms with Crippen molar-refractivity contribution in [3.63, 3.8) is 0 Å². The molecule has 0 bridgehead atoms. The summed E-state index contributed by atoms with van der Waals surface area (Å²) in [6.45, 7) is 1.25. The quantitative estimate of drug-likeness (QED) is 0.255. The molecule has 130 valence electrons. The number of aliphatic carboxylic acids is 3. The highest BCUT2D eigenvalue weighted by Crippen LogP contribution is 1.98. The van der Waals surface area contributed by atoms with Crippen LogP contribution in [0.4, 0.5) is 0 Å². The van der Waals surface area contributed by atoms with Crippen molar-refractivity contribution in [1.82, 2.24) is 10.6 Å². The molecule has 0 saturated heterocycles. The van der Waals surface area contributed by atoms with Crippen LogP contribution in [0.15, 0.2) is 0 Å². The molecular weight excluding hydrogens is 314 g/mol. The fraction of sp³-hybridized carbons (Fsp3) is 0.583. The van der Waals surface area contributed by atoms with E-state index in [9.17, 15) is 24.0 Å². The lowest BCUT2D eigenvalue weighted by Gasteiger charge is -2.19. The molecule has 0 saturated carbocycles. The van der Waals surface area contributed by atoms with Gasteiger partial charge in [-0.15, -0.1) is 0 Å². The normalized spacial score (nSPS) is 14.2. The maximum absolute atomic E-state index is 11.7. The number of rotatable bonds is 10. The summed E-state index contributed by atoms with van der Waals surface area (Å²) in [4.78, 5) is 55.1. The second-order valence-electron chi connectivity index (χ2n) is 4.77. The Kier molecular flexibility index (Phi) is 8.26. The van der Waals surface area contributed by atoms with Gasteiger partial charge in [0.1, 0.15) is 12.1 Å². The minimum absolute atomic E-state index is 0.133. The second-order valence-corrected chi connectivity index (χ2v) is 4.77. The molecule has 0 radical (unpaired) electrons. The molecule has 0 spiro atoms. The number of carbonyl (C=O) groups excluding carboxylic acids is 2. The van der Waals surface area contributed by atoms with E-state index in [4.69, 9.17) is 21.1 Å². The Morgan fingerprint density at radius 2 is 1.52 bits per heavy atom. The van der Waals surface area contributed by atoms with Crippen molar-refractivity contribution in [2.24, 2.45) is 5.73 Å². The molecule has 0 aliphatic heterocycles. The van der Waals surface area contributed by atoms with Gasteiger partial charge in [-0.1, -0.05) is 0 Å². The van der Waals surface area contributed by atoms with Crippen LogP contribution in [-0.4, -0.2) is 63.2 Å². The molecule has 0 aliphatic rings. The number of hydrogen-bond donors (Lipinski definition) is 6. The highest BCUT2D eigenvalue weighted by Gasteiger charge is 2.27. The average molecular weight is 333 g/mol. The van der Waals surface area contributed by atoms with Crippen LogP contribution in [0, 0.1) is 0 Å². The first kappa shape index (κ1) is 20.3. The van der Waals surface area contributed by atoms with Crippen LogP contribution in [0.25, 0.3) is 0 Å². The number of nitrogens with two attached hydrogens (primary N) is 1. The molecule has 0 heterocycles. The summed E-state index contributed by atoms with van der Waals surface area (Å²) in [6.07, 6.45) is -1.28. The Labute approximate surface area is 130 Å². The van der Waals surface area contributed by atoms with Gasteiger partial charge in [-0.05, 0) is 13.3 Å². The van der Waals surface area contributed by atoms with Gasteiger partial charge in [0.25, 0.3) is 0 Å². The van der Waals surface area contributed by atoms with E-state index in [0.29, 0.717) is 0 Å². The maximum atomic E-state index is 11.7. The summed E-state index contributed by atoms with van der Waals surface area (Å²) in [6, 6.07) is -3.95. The maximum Gasteiger partial charge on any atom is 0.326 e. The topological polar surface area (TPSA) is 196 Å². The van der Waals surface area contributed by atoms with Gasteiger partial charge in [0.05, 0.1) is 12.5 Å². The molecule has 0 aliphatic carbocycles. The van der Waals surface area contributed by atoms with Crippen LogP contribution < -0.4 is 16.4 Å². The van der Waals surface area contributed by atoms with Crippen LogP contribution >= 0.6 is 0 Å². The van der Waals surface area contributed by atoms with Crippen LogP contribution in [0.5, 0.6) is 0 Å². The molecule has 11 heteroatoms. The largest absolute Gasteiger partial charge is 0.481 e. The third-order valence-electron chi connectivity index (χ3n) is 2.75. The van der Waals surface area contributed by atoms with Gasteiger partial charge in [0.2, 0.25) is 11.8 Å². The van der Waals surface area contributed by atoms with Crippen molar-refractivity contribution in [2.75, 3.05) is 0 Å². The molecule has 23 heavy (non-hydrogen) atoms. The number of carboxylic acids is 3. The SMILES string of the molecule is CC(NC(=O)C(N)CCC(=O)O)C(=O)NC(CC(=O)O)C(=O)O. The predicted octanol–water partition coefficient (Wildman–Crippen LogP) is -2.27. The minimum Gasteiger partial charge on any atom is -0.481 e. The number of amides is 2. The number of carboxylic acid groups (broad SMARTS) is 3. The van der Waals surface area contributed by atoms with E-state index >= 15 is 0 Å². The van der Waals surface area contributed by atoms with Crippen molar-refractivity contribution in [3.8, 4) is 0 Å². The predicted molar refractivity (Wildman–Crippen MR) is 74.3 cm³/mol. The summed E-state index contributed by atoms with van der Waals surface area (Å²) in [7, 11) is 0. The first-order valence-electron chi connectivity index (χ1n) is 6.57. The lowest BCUT2D eigenvalue weighted by molar-refractivity contribution is -0.147. The summed E-state index contributed by atoms with van der Waals surface area (Å²) in [5.74, 6) is -5.75. The fourth-order valence-electron chi connectivity index (χ4n) is 1.47. The summed E-state index contributed by atoms with van der Waals surface area (Å²) in [5, 5.41) is 30.0. The van der Waals surface area contributed by atoms with E-state index in [1.807, 2.05) is 5.32 Å². The lowest BCUT2D eigenvalue weighted by atomic mass is 10.1. The molecular formula is C12H19N3O8. The molecule has 0 aromatic heterocycles. The van der Waals surface area contributed by atoms with Gasteiger partial charge in [-0.2, -0.15) is 0 Å². The third-order valence-corrected chi connectivity index (χ3v) is 2.75. The number of hydrogen-bond acceptors (Lipinski definition) is 6. The molecule has 3 atom stereocenters. The summed E-state index contributed by atoms with van der Waals surface area (Å²) in [5.41, 5.74) is 5.45. The molecule has 11 nitrogen and oxygen atoms in total. The van der Waals surface area contributed by atoms with Crippen molar-refractivity contribution in [3.05, 3.63) is 0 Å². The van der Waals surface area contributed by atoms with Crippen molar-refractivity contribution < 1.29 is 39.3 Å². The van der Waals surface area contributed by atoms with Crippen molar-refractivity contribution in [2.45, 2.75) is 44.3 Å². The number of nitrogens with one attached hydrogen (secondary N) is 2. The van der Waals surface area contributed by atoms with Gasteiger partial charge in [0, 0.05) is 6.42 Å². The standard InChI is InChI=1S/C12H19N3O8/c1-5(14-11(21)6(13)2-3-8(16)17)10(20)15-7(12(22)23)4-9(18)19/h5-7H,2-4,13H2,1H3,(H,14,21)(H,15,20)(H,16,17)(H,18,19)(H,22,23). The van der Waals surface area contributed by atoms with Gasteiger partial charge in [-0.25, -0.2) is 4.79 Å². The van der Waals surface area contributed by atoms with Crippen molar-refractivity contribution >= 4 is 29.7 Å². The van der Waals surface area contributed by atoms with E-state index in [1.165, 1.54) is 6.92 Å². The lowest BCUT2D eigenvalue weighted by Crippen LogP contribution is -2.53. The van der Waals surface area contributed by atoms with Crippen LogP contribution in [0.3, 0.4) is 0 Å². The van der Waals surface area contributed by atoms with Gasteiger partial charge < -0.3 is 31.7 Å². The first-order chi connectivity index (χ1) is 10.5. The number of carbonyl (C=O) groups is 5. The van der Waals surface area contributed by atoms with Gasteiger partial charge >= 0.3 is 17.9 Å². The second kappa shape index (κ2) is 9.35. The average Bonchev–Trinajstić information content (AvgIpc) is 2.42. The van der Waals surface area contributed by atoms with Gasteiger partial charge in [-0.3, -0.25) is 19.2 Å². The molecule has 0 aromatic rings. The van der Waals surface area contributed by atoms with E-state index in [1.54, 1.807) is 0 Å². The Morgan fingerprint density at radius 1 is 0.957 bits per heavy atom. The Balaban J connectivity index is 4.52. The van der Waals surface area contributed by atoms with Crippen LogP contribution in [0.1, 0.15) is 26.2 Å². The summed E-state index contributed by atoms with van der Waals surface area (Å²) >= 11 is 0. The Hall–Kier alpha value is -2.69. The molecule has 0 aromatic carbocycles. The van der Waals surface area contributed by atoms with Crippen molar-refractivity contribution in [1.29, 1.82) is 0 Å². The van der Waals surface area contributed by atoms with Gasteiger partial charge in [0.15, 0.2) is 0 Å². The fourth-order valence-corrected chi connectivity index (χ4v) is 1.47. The minimum atomic E-state index is -1.64. The first-order valence-corrected chi connectivity index (χ1v) is 6.57. The van der Waals surface area contributed by atoms with E-state index in [2.05, 4.69) is 5.32 Å². The highest BCUT2D eigenvalue weighted by molar-refractivity contribution is 5.92. The van der Waals surface area contributed by atoms with E-state index in [0.717, 1.165) is 0 Å². The molecule has 2 amide bonds. The zero-order valence-electron chi connectivity index (χ0n) is 12.3. The van der Waals surface area contributed by atoms with Crippen LogP contribution in [-0.2, 0) is 24.0 Å². The Bertz CT molecular complexity index is 493. The van der Waals surface area contributed by atoms with E-state index in [-0.39, 0.29) is 12.8 Å². The zero-order valence-corrected chi connectivity index (χ0v) is 12.3. The highest BCUT2D eigenvalue weighted by atomic mass is 16.4. The van der Waals surface area contributed by atoms with E-state index < -0.39 is 54.3 Å². The molecule has 0 fully saturated rings. The molecule has 0 rings (SSSR count). The molecule has 3 unspecified atom stereocenters. The zero-order chi connectivity index (χ0) is 18.2. The monoisotopic (exact) mass is 333 g/mol. The summed E-state index contributed by atoms with van der Waals surface area (Å²) < 4.78 is 0. The molecule has 7 N–H and O–H groups in total.